The van der Waals surface area contributed by atoms with E-state index in [0.29, 0.717) is 5.92 Å². The van der Waals surface area contributed by atoms with Gasteiger partial charge in [-0.1, -0.05) is 36.4 Å². The first kappa shape index (κ1) is 16.3. The van der Waals surface area contributed by atoms with Crippen LogP contribution in [0.15, 0.2) is 54.9 Å². The van der Waals surface area contributed by atoms with Crippen molar-refractivity contribution >= 4 is 10.8 Å². The van der Waals surface area contributed by atoms with Crippen LogP contribution in [-0.2, 0) is 13.6 Å². The van der Waals surface area contributed by atoms with Crippen LogP contribution in [0.2, 0.25) is 0 Å². The van der Waals surface area contributed by atoms with E-state index >= 15 is 0 Å². The number of aliphatic hydroxyl groups is 1. The Morgan fingerprint density at radius 2 is 1.88 bits per heavy atom. The highest BCUT2D eigenvalue weighted by Gasteiger charge is 2.28. The lowest BCUT2D eigenvalue weighted by Crippen LogP contribution is -2.35. The standard InChI is InChI=1S/C21H25N3O/c1-23-13-10-22-21(23)20(25)18-8-11-24(12-9-18)15-16-6-7-17-4-2-3-5-19(17)14-16/h2-7,10,13-14,18,20,25H,8-9,11-12,15H2,1H3. The molecule has 0 aliphatic carbocycles. The number of nitrogens with zero attached hydrogens (tertiary/aromatic N) is 3. The molecular weight excluding hydrogens is 310 g/mol. The maximum Gasteiger partial charge on any atom is 0.137 e. The lowest BCUT2D eigenvalue weighted by molar-refractivity contribution is 0.0492. The van der Waals surface area contributed by atoms with Crippen molar-refractivity contribution < 1.29 is 5.11 Å². The number of fused-ring (bicyclic) bond motifs is 1. The molecule has 1 unspecified atom stereocenters. The molecule has 0 saturated carbocycles. The zero-order chi connectivity index (χ0) is 17.2. The van der Waals surface area contributed by atoms with E-state index in [9.17, 15) is 5.11 Å². The first-order chi connectivity index (χ1) is 12.2. The molecule has 1 aromatic heterocycles. The molecule has 0 amide bonds. The van der Waals surface area contributed by atoms with Gasteiger partial charge in [-0.15, -0.1) is 0 Å². The smallest absolute Gasteiger partial charge is 0.137 e. The van der Waals surface area contributed by atoms with Crippen molar-refractivity contribution in [2.24, 2.45) is 13.0 Å². The summed E-state index contributed by atoms with van der Waals surface area (Å²) < 4.78 is 1.92. The average Bonchev–Trinajstić information content (AvgIpc) is 3.08. The Kier molecular flexibility index (Phi) is 4.55. The second-order valence-corrected chi connectivity index (χ2v) is 7.14. The van der Waals surface area contributed by atoms with E-state index in [0.717, 1.165) is 38.3 Å². The molecule has 3 aromatic rings. The third kappa shape index (κ3) is 3.46. The molecule has 1 atom stereocenters. The minimum absolute atomic E-state index is 0.300. The number of aliphatic hydroxyl groups excluding tert-OH is 1. The fourth-order valence-electron chi connectivity index (χ4n) is 3.90. The normalized spacial score (nSPS) is 17.8. The number of aromatic nitrogens is 2. The molecule has 0 spiro atoms. The molecule has 2 heterocycles. The second-order valence-electron chi connectivity index (χ2n) is 7.14. The molecule has 130 valence electrons. The predicted molar refractivity (Wildman–Crippen MR) is 100 cm³/mol. The molecule has 4 nitrogen and oxygen atoms in total. The van der Waals surface area contributed by atoms with Gasteiger partial charge in [-0.25, -0.2) is 4.98 Å². The van der Waals surface area contributed by atoms with Crippen LogP contribution in [0, 0.1) is 5.92 Å². The molecule has 1 saturated heterocycles. The van der Waals surface area contributed by atoms with Crippen molar-refractivity contribution in [3.05, 3.63) is 66.2 Å². The third-order valence-electron chi connectivity index (χ3n) is 5.42. The summed E-state index contributed by atoms with van der Waals surface area (Å²) in [7, 11) is 1.94. The van der Waals surface area contributed by atoms with Crippen LogP contribution in [0.4, 0.5) is 0 Å². The summed E-state index contributed by atoms with van der Waals surface area (Å²) in [6, 6.07) is 15.2. The van der Waals surface area contributed by atoms with Gasteiger partial charge in [-0.2, -0.15) is 0 Å². The Labute approximate surface area is 148 Å². The zero-order valence-electron chi connectivity index (χ0n) is 14.7. The van der Waals surface area contributed by atoms with E-state index in [1.54, 1.807) is 6.20 Å². The first-order valence-corrected chi connectivity index (χ1v) is 9.06. The highest BCUT2D eigenvalue weighted by molar-refractivity contribution is 5.82. The summed E-state index contributed by atoms with van der Waals surface area (Å²) >= 11 is 0. The molecule has 1 aliphatic rings. The quantitative estimate of drug-likeness (QED) is 0.793. The van der Waals surface area contributed by atoms with E-state index in [1.165, 1.54) is 16.3 Å². The Hall–Kier alpha value is -2.17. The molecule has 4 heteroatoms. The van der Waals surface area contributed by atoms with Gasteiger partial charge >= 0.3 is 0 Å². The molecule has 0 bridgehead atoms. The lowest BCUT2D eigenvalue weighted by Gasteiger charge is -2.34. The van der Waals surface area contributed by atoms with Crippen LogP contribution in [-0.4, -0.2) is 32.6 Å². The monoisotopic (exact) mass is 335 g/mol. The minimum atomic E-state index is -0.456. The van der Waals surface area contributed by atoms with Crippen molar-refractivity contribution in [2.75, 3.05) is 13.1 Å². The summed E-state index contributed by atoms with van der Waals surface area (Å²) in [6.07, 6.45) is 5.23. The number of piperidine rings is 1. The van der Waals surface area contributed by atoms with Crippen molar-refractivity contribution in [2.45, 2.75) is 25.5 Å². The summed E-state index contributed by atoms with van der Waals surface area (Å²) in [5, 5.41) is 13.2. The third-order valence-corrected chi connectivity index (χ3v) is 5.42. The average molecular weight is 335 g/mol. The van der Waals surface area contributed by atoms with Gasteiger partial charge in [-0.05, 0) is 54.3 Å². The van der Waals surface area contributed by atoms with Crippen LogP contribution < -0.4 is 0 Å². The van der Waals surface area contributed by atoms with Gasteiger partial charge in [0, 0.05) is 26.0 Å². The summed E-state index contributed by atoms with van der Waals surface area (Å²) in [5.74, 6) is 1.09. The maximum absolute atomic E-state index is 10.6. The lowest BCUT2D eigenvalue weighted by atomic mass is 9.90. The molecule has 2 aromatic carbocycles. The molecule has 4 rings (SSSR count). The van der Waals surface area contributed by atoms with E-state index in [-0.39, 0.29) is 0 Å². The van der Waals surface area contributed by atoms with Gasteiger partial charge in [0.15, 0.2) is 0 Å². The summed E-state index contributed by atoms with van der Waals surface area (Å²) in [6.45, 7) is 3.04. The number of hydrogen-bond acceptors (Lipinski definition) is 3. The highest BCUT2D eigenvalue weighted by Crippen LogP contribution is 2.30. The second kappa shape index (κ2) is 6.98. The van der Waals surface area contributed by atoms with Crippen molar-refractivity contribution in [3.8, 4) is 0 Å². The Bertz CT molecular complexity index is 849. The molecule has 1 N–H and O–H groups in total. The molecule has 0 radical (unpaired) electrons. The number of benzene rings is 2. The molecule has 1 aliphatic heterocycles. The fraction of sp³-hybridized carbons (Fsp3) is 0.381. The van der Waals surface area contributed by atoms with E-state index in [4.69, 9.17) is 0 Å². The van der Waals surface area contributed by atoms with Gasteiger partial charge in [-0.3, -0.25) is 4.90 Å². The van der Waals surface area contributed by atoms with Gasteiger partial charge in [0.25, 0.3) is 0 Å². The van der Waals surface area contributed by atoms with Crippen LogP contribution in [0.5, 0.6) is 0 Å². The van der Waals surface area contributed by atoms with Crippen LogP contribution in [0.1, 0.15) is 30.3 Å². The van der Waals surface area contributed by atoms with Gasteiger partial charge in [0.1, 0.15) is 11.9 Å². The fourth-order valence-corrected chi connectivity index (χ4v) is 3.90. The SMILES string of the molecule is Cn1ccnc1C(O)C1CCN(Cc2ccc3ccccc3c2)CC1. The summed E-state index contributed by atoms with van der Waals surface area (Å²) in [5.41, 5.74) is 1.36. The van der Waals surface area contributed by atoms with Crippen molar-refractivity contribution in [3.63, 3.8) is 0 Å². The topological polar surface area (TPSA) is 41.3 Å². The Morgan fingerprint density at radius 1 is 1.12 bits per heavy atom. The number of aryl methyl sites for hydroxylation is 1. The molecule has 1 fully saturated rings. The molecular formula is C21H25N3O. The number of hydrogen-bond donors (Lipinski definition) is 1. The Morgan fingerprint density at radius 3 is 2.60 bits per heavy atom. The summed E-state index contributed by atoms with van der Waals surface area (Å²) in [4.78, 5) is 6.80. The number of likely N-dealkylation sites (tertiary alicyclic amines) is 1. The number of rotatable bonds is 4. The zero-order valence-corrected chi connectivity index (χ0v) is 14.7. The van der Waals surface area contributed by atoms with E-state index < -0.39 is 6.10 Å². The maximum atomic E-state index is 10.6. The first-order valence-electron chi connectivity index (χ1n) is 9.06. The predicted octanol–water partition coefficient (Wildman–Crippen LogP) is 3.52. The van der Waals surface area contributed by atoms with E-state index in [1.807, 2.05) is 17.8 Å². The van der Waals surface area contributed by atoms with Crippen molar-refractivity contribution in [1.29, 1.82) is 0 Å². The van der Waals surface area contributed by atoms with E-state index in [2.05, 4.69) is 52.3 Å². The van der Waals surface area contributed by atoms with Crippen LogP contribution >= 0.6 is 0 Å². The Balaban J connectivity index is 1.37. The largest absolute Gasteiger partial charge is 0.385 e. The molecule has 25 heavy (non-hydrogen) atoms. The highest BCUT2D eigenvalue weighted by atomic mass is 16.3. The van der Waals surface area contributed by atoms with Crippen LogP contribution in [0.3, 0.4) is 0 Å². The minimum Gasteiger partial charge on any atom is -0.385 e. The van der Waals surface area contributed by atoms with Crippen molar-refractivity contribution in [1.82, 2.24) is 14.5 Å². The van der Waals surface area contributed by atoms with Gasteiger partial charge in [0.05, 0.1) is 0 Å². The van der Waals surface area contributed by atoms with Crippen LogP contribution in [0.25, 0.3) is 10.8 Å². The van der Waals surface area contributed by atoms with Gasteiger partial charge in [0.2, 0.25) is 0 Å². The number of imidazole rings is 1. The van der Waals surface area contributed by atoms with Gasteiger partial charge < -0.3 is 9.67 Å².